The molecule has 1 fully saturated rings. The van der Waals surface area contributed by atoms with E-state index in [9.17, 15) is 4.79 Å². The summed E-state index contributed by atoms with van der Waals surface area (Å²) in [5, 5.41) is 0.112. The van der Waals surface area contributed by atoms with Crippen LogP contribution in [-0.4, -0.2) is 47.2 Å². The molecular formula is C18H26Cl2N2O. The van der Waals surface area contributed by atoms with Crippen molar-refractivity contribution in [3.63, 3.8) is 0 Å². The Bertz CT molecular complexity index is 493. The van der Waals surface area contributed by atoms with E-state index >= 15 is 0 Å². The van der Waals surface area contributed by atoms with Crippen LogP contribution in [0.1, 0.15) is 33.1 Å². The molecule has 3 unspecified atom stereocenters. The molecule has 3 nitrogen and oxygen atoms in total. The molecule has 1 amide bonds. The van der Waals surface area contributed by atoms with Crippen molar-refractivity contribution in [3.8, 4) is 0 Å². The summed E-state index contributed by atoms with van der Waals surface area (Å²) in [5.74, 6) is 0.425. The third kappa shape index (κ3) is 4.40. The van der Waals surface area contributed by atoms with Gasteiger partial charge in [-0.15, -0.1) is 23.2 Å². The second-order valence-corrected chi connectivity index (χ2v) is 6.96. The minimum Gasteiger partial charge on any atom is -0.308 e. The maximum atomic E-state index is 12.8. The fourth-order valence-electron chi connectivity index (χ4n) is 3.61. The number of rotatable bonds is 7. The first-order chi connectivity index (χ1) is 11.1. The lowest BCUT2D eigenvalue weighted by Gasteiger charge is -2.38. The van der Waals surface area contributed by atoms with E-state index in [2.05, 4.69) is 18.7 Å². The van der Waals surface area contributed by atoms with E-state index in [1.165, 1.54) is 0 Å². The maximum absolute atomic E-state index is 12.8. The second kappa shape index (κ2) is 8.91. The predicted octanol–water partition coefficient (Wildman–Crippen LogP) is 4.13. The van der Waals surface area contributed by atoms with Gasteiger partial charge >= 0.3 is 0 Å². The number of amides is 1. The van der Waals surface area contributed by atoms with Crippen LogP contribution in [0.15, 0.2) is 30.3 Å². The highest BCUT2D eigenvalue weighted by Crippen LogP contribution is 2.35. The quantitative estimate of drug-likeness (QED) is 0.685. The van der Waals surface area contributed by atoms with E-state index in [1.54, 1.807) is 0 Å². The van der Waals surface area contributed by atoms with E-state index in [0.29, 0.717) is 18.3 Å². The fourth-order valence-corrected chi connectivity index (χ4v) is 4.13. The number of nitrogens with zero attached hydrogens (tertiary/aromatic N) is 2. The van der Waals surface area contributed by atoms with Crippen LogP contribution in [0.3, 0.4) is 0 Å². The molecule has 128 valence electrons. The van der Waals surface area contributed by atoms with Gasteiger partial charge in [-0.05, 0) is 38.1 Å². The topological polar surface area (TPSA) is 23.6 Å². The lowest BCUT2D eigenvalue weighted by Crippen LogP contribution is -2.51. The molecule has 5 heteroatoms. The minimum atomic E-state index is 0.0825. The molecule has 0 N–H and O–H groups in total. The van der Waals surface area contributed by atoms with E-state index < -0.39 is 0 Å². The maximum Gasteiger partial charge on any atom is 0.228 e. The number of benzene rings is 1. The summed E-state index contributed by atoms with van der Waals surface area (Å²) in [6.07, 6.45) is 2.10. The Hall–Kier alpha value is -0.770. The Balaban J connectivity index is 2.34. The Labute approximate surface area is 149 Å². The summed E-state index contributed by atoms with van der Waals surface area (Å²) in [5.41, 5.74) is 0.940. The average Bonchev–Trinajstić information content (AvgIpc) is 2.91. The largest absolute Gasteiger partial charge is 0.308 e. The summed E-state index contributed by atoms with van der Waals surface area (Å²) < 4.78 is 0. The number of carbonyl (C=O) groups excluding carboxylic acids is 1. The molecular weight excluding hydrogens is 331 g/mol. The van der Waals surface area contributed by atoms with Crippen molar-refractivity contribution in [2.24, 2.45) is 0 Å². The molecule has 3 atom stereocenters. The summed E-state index contributed by atoms with van der Waals surface area (Å²) in [6.45, 7) is 6.26. The van der Waals surface area contributed by atoms with E-state index in [0.717, 1.165) is 31.6 Å². The first-order valence-electron chi connectivity index (χ1n) is 8.43. The van der Waals surface area contributed by atoms with Crippen LogP contribution in [-0.2, 0) is 4.79 Å². The average molecular weight is 357 g/mol. The van der Waals surface area contributed by atoms with Gasteiger partial charge < -0.3 is 4.90 Å². The third-order valence-electron chi connectivity index (χ3n) is 4.66. The monoisotopic (exact) mass is 356 g/mol. The van der Waals surface area contributed by atoms with Crippen LogP contribution >= 0.6 is 23.2 Å². The van der Waals surface area contributed by atoms with Gasteiger partial charge in [-0.3, -0.25) is 9.69 Å². The molecule has 1 aliphatic rings. The molecule has 23 heavy (non-hydrogen) atoms. The number of hydrogen-bond acceptors (Lipinski definition) is 2. The van der Waals surface area contributed by atoms with E-state index in [1.807, 2.05) is 35.2 Å². The van der Waals surface area contributed by atoms with Crippen molar-refractivity contribution in [2.45, 2.75) is 50.6 Å². The van der Waals surface area contributed by atoms with Crippen molar-refractivity contribution in [1.29, 1.82) is 0 Å². The smallest absolute Gasteiger partial charge is 0.228 e. The van der Waals surface area contributed by atoms with E-state index in [4.69, 9.17) is 23.2 Å². The summed E-state index contributed by atoms with van der Waals surface area (Å²) >= 11 is 12.3. The lowest BCUT2D eigenvalue weighted by atomic mass is 10.1. The zero-order chi connectivity index (χ0) is 16.8. The van der Waals surface area contributed by atoms with Gasteiger partial charge in [-0.1, -0.05) is 32.0 Å². The standard InChI is InChI=1S/C18H26Cl2N2O/c1-3-21(4-2)16-12-14(20)13-17(16)22(18(23)10-11-19)15-8-6-5-7-9-15/h5-9,14,16-17H,3-4,10-13H2,1-2H3. The molecule has 0 heterocycles. The highest BCUT2D eigenvalue weighted by Gasteiger charge is 2.41. The zero-order valence-corrected chi connectivity index (χ0v) is 15.4. The van der Waals surface area contributed by atoms with Crippen LogP contribution in [0.2, 0.25) is 0 Å². The molecule has 0 spiro atoms. The van der Waals surface area contributed by atoms with Gasteiger partial charge in [0.05, 0.1) is 6.04 Å². The first-order valence-corrected chi connectivity index (χ1v) is 9.40. The summed E-state index contributed by atoms with van der Waals surface area (Å²) in [4.78, 5) is 17.1. The van der Waals surface area contributed by atoms with Gasteiger partial charge in [0, 0.05) is 29.4 Å². The Morgan fingerprint density at radius 2 is 1.74 bits per heavy atom. The van der Waals surface area contributed by atoms with Crippen molar-refractivity contribution < 1.29 is 4.79 Å². The Morgan fingerprint density at radius 3 is 2.30 bits per heavy atom. The number of anilines is 1. The van der Waals surface area contributed by atoms with Gasteiger partial charge in [0.25, 0.3) is 0 Å². The Morgan fingerprint density at radius 1 is 1.13 bits per heavy atom. The number of carbonyl (C=O) groups is 1. The van der Waals surface area contributed by atoms with Crippen LogP contribution in [0.25, 0.3) is 0 Å². The molecule has 0 radical (unpaired) electrons. The zero-order valence-electron chi connectivity index (χ0n) is 13.9. The van der Waals surface area contributed by atoms with Crippen molar-refractivity contribution in [2.75, 3.05) is 23.9 Å². The molecule has 1 saturated carbocycles. The predicted molar refractivity (Wildman–Crippen MR) is 98.6 cm³/mol. The first kappa shape index (κ1) is 18.6. The van der Waals surface area contributed by atoms with Crippen molar-refractivity contribution >= 4 is 34.8 Å². The number of alkyl halides is 2. The Kier molecular flexibility index (Phi) is 7.19. The number of para-hydroxylation sites is 1. The third-order valence-corrected chi connectivity index (χ3v) is 5.21. The SMILES string of the molecule is CCN(CC)C1CC(Cl)CC1N(C(=O)CCCl)c1ccccc1. The van der Waals surface area contributed by atoms with Crippen LogP contribution in [0.5, 0.6) is 0 Å². The molecule has 0 bridgehead atoms. The highest BCUT2D eigenvalue weighted by molar-refractivity contribution is 6.21. The summed E-state index contributed by atoms with van der Waals surface area (Å²) in [6, 6.07) is 10.3. The van der Waals surface area contributed by atoms with Crippen molar-refractivity contribution in [3.05, 3.63) is 30.3 Å². The van der Waals surface area contributed by atoms with Gasteiger partial charge in [0.1, 0.15) is 0 Å². The van der Waals surface area contributed by atoms with Crippen LogP contribution < -0.4 is 4.90 Å². The lowest BCUT2D eigenvalue weighted by molar-refractivity contribution is -0.119. The molecule has 1 aromatic rings. The van der Waals surface area contributed by atoms with Crippen LogP contribution in [0, 0.1) is 0 Å². The van der Waals surface area contributed by atoms with Crippen LogP contribution in [0.4, 0.5) is 5.69 Å². The second-order valence-electron chi connectivity index (χ2n) is 5.96. The minimum absolute atomic E-state index is 0.0825. The molecule has 0 aliphatic heterocycles. The molecule has 0 saturated heterocycles. The normalized spacial score (nSPS) is 24.1. The van der Waals surface area contributed by atoms with Gasteiger partial charge in [0.2, 0.25) is 5.91 Å². The molecule has 0 aromatic heterocycles. The van der Waals surface area contributed by atoms with E-state index in [-0.39, 0.29) is 17.3 Å². The molecule has 2 rings (SSSR count). The van der Waals surface area contributed by atoms with Gasteiger partial charge in [-0.25, -0.2) is 0 Å². The molecule has 1 aliphatic carbocycles. The summed E-state index contributed by atoms with van der Waals surface area (Å²) in [7, 11) is 0. The number of hydrogen-bond donors (Lipinski definition) is 0. The van der Waals surface area contributed by atoms with Gasteiger partial charge in [-0.2, -0.15) is 0 Å². The highest BCUT2D eigenvalue weighted by atomic mass is 35.5. The van der Waals surface area contributed by atoms with Gasteiger partial charge in [0.15, 0.2) is 0 Å². The van der Waals surface area contributed by atoms with Crippen molar-refractivity contribution in [1.82, 2.24) is 4.90 Å². The molecule has 1 aromatic carbocycles. The number of likely N-dealkylation sites (N-methyl/N-ethyl adjacent to an activating group) is 1. The number of halogens is 2. The fraction of sp³-hybridized carbons (Fsp3) is 0.611.